The van der Waals surface area contributed by atoms with Crippen LogP contribution in [-0.2, 0) is 6.18 Å². The predicted octanol–water partition coefficient (Wildman–Crippen LogP) is 5.71. The van der Waals surface area contributed by atoms with Crippen molar-refractivity contribution in [2.24, 2.45) is 0 Å². The highest BCUT2D eigenvalue weighted by atomic mass is 19.4. The van der Waals surface area contributed by atoms with Crippen molar-refractivity contribution in [1.29, 1.82) is 0 Å². The Labute approximate surface area is 111 Å². The lowest BCUT2D eigenvalue weighted by Crippen LogP contribution is -2.07. The van der Waals surface area contributed by atoms with E-state index in [-0.39, 0.29) is 5.56 Å². The van der Waals surface area contributed by atoms with Crippen molar-refractivity contribution in [2.45, 2.75) is 26.9 Å². The molecule has 2 aromatic rings. The van der Waals surface area contributed by atoms with Gasteiger partial charge in [0.2, 0.25) is 0 Å². The van der Waals surface area contributed by atoms with Gasteiger partial charge in [-0.1, -0.05) is 56.3 Å². The second-order valence-electron chi connectivity index (χ2n) is 3.89. The highest BCUT2D eigenvalue weighted by molar-refractivity contribution is 5.65. The molecule has 0 radical (unpaired) electrons. The normalized spacial score (nSPS) is 10.6. The maximum absolute atomic E-state index is 12.7. The van der Waals surface area contributed by atoms with Crippen molar-refractivity contribution >= 4 is 0 Å². The van der Waals surface area contributed by atoms with Gasteiger partial charge < -0.3 is 0 Å². The third-order valence-corrected chi connectivity index (χ3v) is 2.65. The van der Waals surface area contributed by atoms with Gasteiger partial charge in [0.05, 0.1) is 5.56 Å². The summed E-state index contributed by atoms with van der Waals surface area (Å²) in [6, 6.07) is 13.5. The third-order valence-electron chi connectivity index (χ3n) is 2.65. The Kier molecular flexibility index (Phi) is 5.16. The first-order valence-electron chi connectivity index (χ1n) is 6.22. The molecule has 0 saturated heterocycles. The zero-order chi connectivity index (χ0) is 14.5. The fourth-order valence-electron chi connectivity index (χ4n) is 1.74. The number of hydrogen-bond acceptors (Lipinski definition) is 0. The van der Waals surface area contributed by atoms with Gasteiger partial charge in [-0.05, 0) is 29.7 Å². The highest BCUT2D eigenvalue weighted by Gasteiger charge is 2.32. The van der Waals surface area contributed by atoms with E-state index in [4.69, 9.17) is 0 Å². The molecule has 0 saturated carbocycles. The summed E-state index contributed by atoms with van der Waals surface area (Å²) < 4.78 is 38.2. The van der Waals surface area contributed by atoms with Crippen LogP contribution in [0.1, 0.15) is 25.0 Å². The van der Waals surface area contributed by atoms with Gasteiger partial charge >= 0.3 is 6.18 Å². The van der Waals surface area contributed by atoms with E-state index in [0.717, 1.165) is 5.56 Å². The number of hydrogen-bond donors (Lipinski definition) is 0. The SMILES string of the molecule is CC.Cc1ccc(-c2ccccc2)cc1C(F)(F)F. The van der Waals surface area contributed by atoms with Crippen LogP contribution in [-0.4, -0.2) is 0 Å². The second-order valence-corrected chi connectivity index (χ2v) is 3.89. The van der Waals surface area contributed by atoms with E-state index >= 15 is 0 Å². The first-order valence-corrected chi connectivity index (χ1v) is 6.22. The maximum atomic E-state index is 12.7. The lowest BCUT2D eigenvalue weighted by Gasteiger charge is -2.12. The van der Waals surface area contributed by atoms with Crippen LogP contribution in [0.25, 0.3) is 11.1 Å². The van der Waals surface area contributed by atoms with Crippen molar-refractivity contribution in [3.63, 3.8) is 0 Å². The Morgan fingerprint density at radius 3 is 1.89 bits per heavy atom. The average molecular weight is 266 g/mol. The average Bonchev–Trinajstić information content (AvgIpc) is 2.41. The van der Waals surface area contributed by atoms with Gasteiger partial charge in [0.15, 0.2) is 0 Å². The van der Waals surface area contributed by atoms with Crippen LogP contribution in [0.5, 0.6) is 0 Å². The fraction of sp³-hybridized carbons (Fsp3) is 0.250. The molecule has 0 nitrogen and oxygen atoms in total. The molecule has 0 fully saturated rings. The Morgan fingerprint density at radius 2 is 1.37 bits per heavy atom. The molecule has 0 N–H and O–H groups in total. The van der Waals surface area contributed by atoms with Crippen molar-refractivity contribution in [1.82, 2.24) is 0 Å². The lowest BCUT2D eigenvalue weighted by atomic mass is 9.99. The Bertz CT molecular complexity index is 513. The summed E-state index contributed by atoms with van der Waals surface area (Å²) in [5.41, 5.74) is 1.05. The van der Waals surface area contributed by atoms with Crippen LogP contribution in [0.15, 0.2) is 48.5 Å². The predicted molar refractivity (Wildman–Crippen MR) is 73.0 cm³/mol. The minimum absolute atomic E-state index is 0.247. The van der Waals surface area contributed by atoms with E-state index in [1.165, 1.54) is 19.1 Å². The molecule has 0 aromatic heterocycles. The van der Waals surface area contributed by atoms with Crippen LogP contribution in [0.2, 0.25) is 0 Å². The van der Waals surface area contributed by atoms with Gasteiger partial charge in [-0.2, -0.15) is 13.2 Å². The summed E-state index contributed by atoms with van der Waals surface area (Å²) in [5, 5.41) is 0. The number of alkyl halides is 3. The second kappa shape index (κ2) is 6.41. The summed E-state index contributed by atoms with van der Waals surface area (Å²) in [5.74, 6) is 0. The Morgan fingerprint density at radius 1 is 0.789 bits per heavy atom. The molecular formula is C16H17F3. The molecule has 0 aliphatic carbocycles. The molecule has 0 amide bonds. The standard InChI is InChI=1S/C14H11F3.C2H6/c1-10-7-8-12(9-13(10)14(15,16)17)11-5-3-2-4-6-11;1-2/h2-9H,1H3;1-2H3. The summed E-state index contributed by atoms with van der Waals surface area (Å²) in [6.07, 6.45) is -4.30. The summed E-state index contributed by atoms with van der Waals surface area (Å²) >= 11 is 0. The lowest BCUT2D eigenvalue weighted by molar-refractivity contribution is -0.138. The molecule has 19 heavy (non-hydrogen) atoms. The molecule has 0 spiro atoms. The van der Waals surface area contributed by atoms with E-state index in [0.29, 0.717) is 5.56 Å². The maximum Gasteiger partial charge on any atom is 0.416 e. The minimum atomic E-state index is -4.30. The number of benzene rings is 2. The van der Waals surface area contributed by atoms with Gasteiger partial charge in [0, 0.05) is 0 Å². The number of halogens is 3. The zero-order valence-corrected chi connectivity index (χ0v) is 11.3. The number of aryl methyl sites for hydroxylation is 1. The fourth-order valence-corrected chi connectivity index (χ4v) is 1.74. The van der Waals surface area contributed by atoms with Crippen LogP contribution < -0.4 is 0 Å². The molecule has 3 heteroatoms. The van der Waals surface area contributed by atoms with Crippen LogP contribution in [0, 0.1) is 6.92 Å². The smallest absolute Gasteiger partial charge is 0.166 e. The van der Waals surface area contributed by atoms with Crippen LogP contribution in [0.4, 0.5) is 13.2 Å². The first kappa shape index (κ1) is 15.3. The van der Waals surface area contributed by atoms with Crippen molar-refractivity contribution < 1.29 is 13.2 Å². The first-order chi connectivity index (χ1) is 8.98. The zero-order valence-electron chi connectivity index (χ0n) is 11.3. The Balaban J connectivity index is 0.000000861. The van der Waals surface area contributed by atoms with E-state index in [1.807, 2.05) is 32.0 Å². The Hall–Kier alpha value is -1.77. The molecule has 0 bridgehead atoms. The van der Waals surface area contributed by atoms with E-state index in [9.17, 15) is 13.2 Å². The minimum Gasteiger partial charge on any atom is -0.166 e. The quantitative estimate of drug-likeness (QED) is 0.620. The van der Waals surface area contributed by atoms with Crippen LogP contribution >= 0.6 is 0 Å². The topological polar surface area (TPSA) is 0 Å². The molecule has 0 atom stereocenters. The summed E-state index contributed by atoms with van der Waals surface area (Å²) in [6.45, 7) is 5.47. The molecule has 0 heterocycles. The van der Waals surface area contributed by atoms with Gasteiger partial charge in [-0.3, -0.25) is 0 Å². The van der Waals surface area contributed by atoms with Crippen molar-refractivity contribution in [2.75, 3.05) is 0 Å². The summed E-state index contributed by atoms with van der Waals surface area (Å²) in [4.78, 5) is 0. The molecule has 0 unspecified atom stereocenters. The highest BCUT2D eigenvalue weighted by Crippen LogP contribution is 2.34. The molecule has 0 aliphatic rings. The van der Waals surface area contributed by atoms with Crippen molar-refractivity contribution in [3.8, 4) is 11.1 Å². The van der Waals surface area contributed by atoms with Gasteiger partial charge in [-0.15, -0.1) is 0 Å². The molecule has 2 rings (SSSR count). The van der Waals surface area contributed by atoms with Gasteiger partial charge in [0.1, 0.15) is 0 Å². The van der Waals surface area contributed by atoms with E-state index < -0.39 is 11.7 Å². The van der Waals surface area contributed by atoms with Crippen molar-refractivity contribution in [3.05, 3.63) is 59.7 Å². The monoisotopic (exact) mass is 266 g/mol. The van der Waals surface area contributed by atoms with Gasteiger partial charge in [-0.25, -0.2) is 0 Å². The molecule has 0 aliphatic heterocycles. The van der Waals surface area contributed by atoms with Gasteiger partial charge in [0.25, 0.3) is 0 Å². The molecule has 2 aromatic carbocycles. The van der Waals surface area contributed by atoms with E-state index in [2.05, 4.69) is 0 Å². The summed E-state index contributed by atoms with van der Waals surface area (Å²) in [7, 11) is 0. The van der Waals surface area contributed by atoms with E-state index in [1.54, 1.807) is 18.2 Å². The molecule has 102 valence electrons. The molecular weight excluding hydrogens is 249 g/mol. The number of rotatable bonds is 1. The largest absolute Gasteiger partial charge is 0.416 e. The van der Waals surface area contributed by atoms with Crippen LogP contribution in [0.3, 0.4) is 0 Å². The third kappa shape index (κ3) is 3.85.